The predicted molar refractivity (Wildman–Crippen MR) is 69.3 cm³/mol. The van der Waals surface area contributed by atoms with E-state index in [4.69, 9.17) is 5.73 Å². The van der Waals surface area contributed by atoms with E-state index < -0.39 is 28.5 Å². The van der Waals surface area contributed by atoms with Gasteiger partial charge in [0.25, 0.3) is 5.69 Å². The number of hydrogen-bond acceptors (Lipinski definition) is 5. The van der Waals surface area contributed by atoms with Crippen LogP contribution in [0.1, 0.15) is 18.5 Å². The molecule has 0 saturated heterocycles. The lowest BCUT2D eigenvalue weighted by Gasteiger charge is -2.21. The largest absolute Gasteiger partial charge is 0.462 e. The Bertz CT molecular complexity index is 539. The van der Waals surface area contributed by atoms with Crippen LogP contribution in [0.2, 0.25) is 0 Å². The zero-order valence-electron chi connectivity index (χ0n) is 10.3. The smallest absolute Gasteiger partial charge is 0.379 e. The van der Waals surface area contributed by atoms with E-state index in [0.717, 1.165) is 6.07 Å². The highest BCUT2D eigenvalue weighted by Gasteiger charge is 2.48. The van der Waals surface area contributed by atoms with E-state index in [-0.39, 0.29) is 16.6 Å². The number of alkyl halides is 2. The first-order valence-corrected chi connectivity index (χ1v) is 6.25. The number of nitrogens with zero attached hydrogens (tertiary/aromatic N) is 1. The quantitative estimate of drug-likeness (QED) is 0.499. The van der Waals surface area contributed by atoms with Crippen LogP contribution in [-0.4, -0.2) is 23.4 Å². The van der Waals surface area contributed by atoms with Crippen LogP contribution in [0.3, 0.4) is 0 Å². The molecule has 1 aromatic carbocycles. The number of ether oxygens (including phenoxy) is 1. The summed E-state index contributed by atoms with van der Waals surface area (Å²) in [6, 6.07) is 1.25. The van der Waals surface area contributed by atoms with Crippen LogP contribution in [0.5, 0.6) is 0 Å². The van der Waals surface area contributed by atoms with Gasteiger partial charge in [0.1, 0.15) is 6.04 Å². The number of esters is 1. The summed E-state index contributed by atoms with van der Waals surface area (Å²) in [7, 11) is 0. The molecule has 0 heterocycles. The first-order chi connectivity index (χ1) is 9.21. The van der Waals surface area contributed by atoms with Gasteiger partial charge in [-0.3, -0.25) is 10.1 Å². The molecule has 0 bridgehead atoms. The normalized spacial score (nSPS) is 12.8. The minimum absolute atomic E-state index is 0.123. The Kier molecular flexibility index (Phi) is 5.12. The molecule has 0 aliphatic rings. The molecular formula is C11H11BrF2N2O4. The molecule has 9 heteroatoms. The second-order valence-electron chi connectivity index (χ2n) is 3.79. The number of carbonyl (C=O) groups is 1. The highest BCUT2D eigenvalue weighted by molar-refractivity contribution is 9.10. The summed E-state index contributed by atoms with van der Waals surface area (Å²) in [5.74, 6) is -5.74. The van der Waals surface area contributed by atoms with Crippen molar-refractivity contribution in [2.24, 2.45) is 5.73 Å². The Morgan fingerprint density at radius 3 is 2.70 bits per heavy atom. The molecule has 20 heavy (non-hydrogen) atoms. The van der Waals surface area contributed by atoms with Gasteiger partial charge in [-0.25, -0.2) is 4.79 Å². The van der Waals surface area contributed by atoms with Crippen LogP contribution < -0.4 is 5.73 Å². The molecule has 0 radical (unpaired) electrons. The summed E-state index contributed by atoms with van der Waals surface area (Å²) in [6.45, 7) is 1.16. The van der Waals surface area contributed by atoms with E-state index >= 15 is 0 Å². The Labute approximate surface area is 121 Å². The van der Waals surface area contributed by atoms with Crippen LogP contribution in [-0.2, 0) is 9.53 Å². The minimum Gasteiger partial charge on any atom is -0.462 e. The molecule has 1 rings (SSSR count). The number of carbonyl (C=O) groups excluding carboxylic acids is 1. The van der Waals surface area contributed by atoms with Gasteiger partial charge in [0.15, 0.2) is 0 Å². The van der Waals surface area contributed by atoms with Gasteiger partial charge < -0.3 is 10.5 Å². The second kappa shape index (κ2) is 6.23. The van der Waals surface area contributed by atoms with Crippen molar-refractivity contribution >= 4 is 27.6 Å². The van der Waals surface area contributed by atoms with Crippen LogP contribution in [0.4, 0.5) is 14.5 Å². The van der Waals surface area contributed by atoms with Gasteiger partial charge in [0.05, 0.1) is 16.0 Å². The maximum Gasteiger partial charge on any atom is 0.379 e. The molecule has 0 fully saturated rings. The van der Waals surface area contributed by atoms with Crippen molar-refractivity contribution < 1.29 is 23.2 Å². The maximum absolute atomic E-state index is 13.7. The first-order valence-electron chi connectivity index (χ1n) is 5.46. The van der Waals surface area contributed by atoms with Crippen molar-refractivity contribution in [3.63, 3.8) is 0 Å². The first kappa shape index (κ1) is 16.4. The summed E-state index contributed by atoms with van der Waals surface area (Å²) in [6.07, 6.45) is 0. The third kappa shape index (κ3) is 3.28. The summed E-state index contributed by atoms with van der Waals surface area (Å²) >= 11 is 2.92. The molecule has 0 saturated carbocycles. The molecule has 6 nitrogen and oxygen atoms in total. The summed E-state index contributed by atoms with van der Waals surface area (Å²) < 4.78 is 31.8. The number of nitro groups is 1. The highest BCUT2D eigenvalue weighted by atomic mass is 79.9. The van der Waals surface area contributed by atoms with E-state index in [0.29, 0.717) is 0 Å². The highest BCUT2D eigenvalue weighted by Crippen LogP contribution is 2.34. The molecule has 0 aliphatic heterocycles. The fraction of sp³-hybridized carbons (Fsp3) is 0.364. The zero-order chi connectivity index (χ0) is 15.5. The lowest BCUT2D eigenvalue weighted by molar-refractivity contribution is -0.385. The minimum atomic E-state index is -3.97. The topological polar surface area (TPSA) is 95.5 Å². The van der Waals surface area contributed by atoms with E-state index in [2.05, 4.69) is 20.7 Å². The number of nitrogens with two attached hydrogens (primary N) is 1. The van der Waals surface area contributed by atoms with Crippen molar-refractivity contribution in [3.8, 4) is 0 Å². The molecule has 0 aromatic heterocycles. The molecule has 0 amide bonds. The number of rotatable bonds is 5. The van der Waals surface area contributed by atoms with Gasteiger partial charge in [-0.05, 0) is 34.5 Å². The van der Waals surface area contributed by atoms with Crippen molar-refractivity contribution in [2.45, 2.75) is 18.9 Å². The van der Waals surface area contributed by atoms with E-state index in [1.54, 1.807) is 0 Å². The predicted octanol–water partition coefficient (Wildman–Crippen LogP) is 2.56. The molecule has 2 N–H and O–H groups in total. The van der Waals surface area contributed by atoms with Gasteiger partial charge in [0, 0.05) is 6.07 Å². The zero-order valence-corrected chi connectivity index (χ0v) is 11.9. The third-order valence-corrected chi connectivity index (χ3v) is 3.13. The number of halogens is 3. The average Bonchev–Trinajstić information content (AvgIpc) is 2.38. The molecular weight excluding hydrogens is 342 g/mol. The maximum atomic E-state index is 13.7. The lowest BCUT2D eigenvalue weighted by Crippen LogP contribution is -2.41. The fourth-order valence-electron chi connectivity index (χ4n) is 1.43. The fourth-order valence-corrected chi connectivity index (χ4v) is 1.82. The second-order valence-corrected chi connectivity index (χ2v) is 4.64. The summed E-state index contributed by atoms with van der Waals surface area (Å²) in [5, 5.41) is 10.7. The lowest BCUT2D eigenvalue weighted by atomic mass is 10.0. The Morgan fingerprint density at radius 2 is 2.20 bits per heavy atom. The van der Waals surface area contributed by atoms with Crippen LogP contribution in [0.15, 0.2) is 22.7 Å². The van der Waals surface area contributed by atoms with Crippen molar-refractivity contribution in [3.05, 3.63) is 38.3 Å². The van der Waals surface area contributed by atoms with Crippen LogP contribution in [0, 0.1) is 10.1 Å². The molecule has 110 valence electrons. The average molecular weight is 353 g/mol. The van der Waals surface area contributed by atoms with Crippen LogP contribution >= 0.6 is 15.9 Å². The Morgan fingerprint density at radius 1 is 1.60 bits per heavy atom. The van der Waals surface area contributed by atoms with Crippen molar-refractivity contribution in [2.75, 3.05) is 6.61 Å². The third-order valence-electron chi connectivity index (χ3n) is 2.46. The monoisotopic (exact) mass is 352 g/mol. The van der Waals surface area contributed by atoms with Gasteiger partial charge in [0.2, 0.25) is 0 Å². The van der Waals surface area contributed by atoms with Gasteiger partial charge in [-0.15, -0.1) is 0 Å². The van der Waals surface area contributed by atoms with Crippen LogP contribution in [0.25, 0.3) is 0 Å². The molecule has 0 aliphatic carbocycles. The van der Waals surface area contributed by atoms with Crippen molar-refractivity contribution in [1.29, 1.82) is 0 Å². The molecule has 0 unspecified atom stereocenters. The number of hydrogen-bond donors (Lipinski definition) is 1. The number of nitro benzene ring substituents is 1. The Balaban J connectivity index is 3.14. The van der Waals surface area contributed by atoms with Gasteiger partial charge >= 0.3 is 11.9 Å². The number of benzene rings is 1. The standard InChI is InChI=1S/C11H11BrF2N2O4/c1-2-20-10(17)11(13,14)9(15)6-3-4-7(12)8(5-6)16(18)19/h3-5,9H,2,15H2,1H3/t9-/m0/s1. The molecule has 1 aromatic rings. The summed E-state index contributed by atoms with van der Waals surface area (Å²) in [4.78, 5) is 21.2. The van der Waals surface area contributed by atoms with Crippen molar-refractivity contribution in [1.82, 2.24) is 0 Å². The molecule has 1 atom stereocenters. The van der Waals surface area contributed by atoms with Gasteiger partial charge in [-0.2, -0.15) is 8.78 Å². The SMILES string of the molecule is CCOC(=O)C(F)(F)[C@@H](N)c1ccc(Br)c([N+](=O)[O-])c1. The van der Waals surface area contributed by atoms with Gasteiger partial charge in [-0.1, -0.05) is 6.07 Å². The van der Waals surface area contributed by atoms with E-state index in [1.807, 2.05) is 0 Å². The van der Waals surface area contributed by atoms with E-state index in [9.17, 15) is 23.7 Å². The van der Waals surface area contributed by atoms with E-state index in [1.165, 1.54) is 19.1 Å². The molecule has 0 spiro atoms. The Hall–Kier alpha value is -1.61. The summed E-state index contributed by atoms with van der Waals surface area (Å²) in [5.41, 5.74) is 4.68.